The summed E-state index contributed by atoms with van der Waals surface area (Å²) in [6, 6.07) is 15.0. The molecule has 6 N–H and O–H groups in total. The van der Waals surface area contributed by atoms with E-state index >= 15 is 0 Å². The van der Waals surface area contributed by atoms with Crippen molar-refractivity contribution in [2.75, 3.05) is 49.9 Å². The fourth-order valence-electron chi connectivity index (χ4n) is 6.86. The van der Waals surface area contributed by atoms with Crippen LogP contribution < -0.4 is 21.3 Å². The van der Waals surface area contributed by atoms with Crippen molar-refractivity contribution in [1.29, 1.82) is 0 Å². The van der Waals surface area contributed by atoms with Crippen LogP contribution in [0.15, 0.2) is 60.1 Å². The number of aliphatic hydroxyl groups excluding tert-OH is 1. The summed E-state index contributed by atoms with van der Waals surface area (Å²) < 4.78 is 0. The molecule has 2 saturated heterocycles. The molecule has 4 heterocycles. The molecule has 3 amide bonds. The van der Waals surface area contributed by atoms with E-state index in [9.17, 15) is 24.6 Å². The van der Waals surface area contributed by atoms with Crippen molar-refractivity contribution in [2.24, 2.45) is 5.41 Å². The maximum absolute atomic E-state index is 14.1. The van der Waals surface area contributed by atoms with Crippen LogP contribution in [0.25, 0.3) is 21.7 Å². The fourth-order valence-corrected chi connectivity index (χ4v) is 7.67. The Hall–Kier alpha value is -5.12. The van der Waals surface area contributed by atoms with Crippen LogP contribution in [0.2, 0.25) is 0 Å². The normalized spacial score (nSPS) is 18.2. The van der Waals surface area contributed by atoms with Crippen LogP contribution in [-0.4, -0.2) is 110 Å². The zero-order valence-corrected chi connectivity index (χ0v) is 31.3. The number of hydrogen-bond acceptors (Lipinski definition) is 12. The summed E-state index contributed by atoms with van der Waals surface area (Å²) in [6.07, 6.45) is -0.707. The molecular formula is C38H47N9O5S. The third-order valence-electron chi connectivity index (χ3n) is 9.82. The number of carbonyl (C=O) groups excluding carboxylic acids is 3. The SMILES string of the molecule is Cc1ncsc1-c1ccc(CNC(=O)[C@@H]2C[C@@H](O)CN2C(=O)[C@@H](NCC(=O)N2CCN(c3cc(-c4ccccc4O)nnc3N)CC2)C(C)(C)C)cc1. The molecule has 2 fully saturated rings. The van der Waals surface area contributed by atoms with Gasteiger partial charge in [-0.1, -0.05) is 57.2 Å². The first kappa shape index (κ1) is 37.6. The molecule has 2 aromatic carbocycles. The summed E-state index contributed by atoms with van der Waals surface area (Å²) in [7, 11) is 0. The number of nitrogens with zero attached hydrogens (tertiary/aromatic N) is 6. The highest BCUT2D eigenvalue weighted by Gasteiger charge is 2.44. The number of amides is 3. The maximum Gasteiger partial charge on any atom is 0.243 e. The smallest absolute Gasteiger partial charge is 0.243 e. The van der Waals surface area contributed by atoms with E-state index in [1.807, 2.05) is 62.4 Å². The van der Waals surface area contributed by atoms with Gasteiger partial charge in [0.25, 0.3) is 0 Å². The number of piperazine rings is 1. The number of benzene rings is 2. The van der Waals surface area contributed by atoms with Gasteiger partial charge < -0.3 is 36.0 Å². The molecule has 2 aromatic heterocycles. The Bertz CT molecular complexity index is 1940. The van der Waals surface area contributed by atoms with E-state index in [1.54, 1.807) is 46.6 Å². The van der Waals surface area contributed by atoms with Crippen molar-refractivity contribution in [3.05, 3.63) is 71.4 Å². The standard InChI is InChI=1S/C38H47N9O5S/c1-23-33(53-22-42-23)25-11-9-24(10-12-25)19-41-36(51)30-17-26(48)21-47(30)37(52)34(38(2,3)4)40-20-32(50)46-15-13-45(14-16-46)29-18-28(43-44-35(29)39)27-7-5-6-8-31(27)49/h5-12,18,22,26,30,34,40,48-49H,13-17,19-21H2,1-4H3,(H2,39,44)(H,41,51)/t26-,30+,34-/m1/s1. The van der Waals surface area contributed by atoms with Gasteiger partial charge in [-0.25, -0.2) is 4.98 Å². The average Bonchev–Trinajstić information content (AvgIpc) is 3.76. The highest BCUT2D eigenvalue weighted by atomic mass is 32.1. The van der Waals surface area contributed by atoms with Gasteiger partial charge in [0, 0.05) is 51.3 Å². The molecule has 14 nitrogen and oxygen atoms in total. The topological polar surface area (TPSA) is 190 Å². The first-order valence-corrected chi connectivity index (χ1v) is 18.6. The lowest BCUT2D eigenvalue weighted by Crippen LogP contribution is -2.58. The van der Waals surface area contributed by atoms with Crippen molar-refractivity contribution >= 4 is 40.6 Å². The van der Waals surface area contributed by atoms with Gasteiger partial charge in [0.05, 0.1) is 46.2 Å². The fraction of sp³-hybridized carbons (Fsp3) is 0.421. The van der Waals surface area contributed by atoms with Crippen LogP contribution in [0.1, 0.15) is 38.4 Å². The van der Waals surface area contributed by atoms with Crippen LogP contribution >= 0.6 is 11.3 Å². The van der Waals surface area contributed by atoms with Gasteiger partial charge in [-0.05, 0) is 41.7 Å². The molecule has 15 heteroatoms. The average molecular weight is 742 g/mol. The minimum absolute atomic E-state index is 0.0303. The van der Waals surface area contributed by atoms with E-state index in [0.29, 0.717) is 43.1 Å². The molecule has 6 rings (SSSR count). The highest BCUT2D eigenvalue weighted by molar-refractivity contribution is 7.13. The summed E-state index contributed by atoms with van der Waals surface area (Å²) in [5, 5.41) is 35.3. The molecule has 0 spiro atoms. The number of hydrogen-bond donors (Lipinski definition) is 5. The van der Waals surface area contributed by atoms with Gasteiger partial charge in [-0.3, -0.25) is 19.7 Å². The van der Waals surface area contributed by atoms with E-state index in [1.165, 1.54) is 4.90 Å². The minimum Gasteiger partial charge on any atom is -0.507 e. The predicted molar refractivity (Wildman–Crippen MR) is 204 cm³/mol. The number of rotatable bonds is 10. The molecule has 4 aromatic rings. The Kier molecular flexibility index (Phi) is 11.3. The molecule has 0 unspecified atom stereocenters. The second kappa shape index (κ2) is 15.9. The van der Waals surface area contributed by atoms with E-state index in [4.69, 9.17) is 5.73 Å². The van der Waals surface area contributed by atoms with Gasteiger partial charge in [0.2, 0.25) is 17.7 Å². The number of thiazole rings is 1. The first-order chi connectivity index (χ1) is 25.3. The van der Waals surface area contributed by atoms with E-state index in [-0.39, 0.29) is 55.3 Å². The van der Waals surface area contributed by atoms with Crippen molar-refractivity contribution in [1.82, 2.24) is 35.6 Å². The second-order valence-corrected chi connectivity index (χ2v) is 15.5. The molecule has 0 bridgehead atoms. The summed E-state index contributed by atoms with van der Waals surface area (Å²) in [6.45, 7) is 9.77. The molecule has 53 heavy (non-hydrogen) atoms. The first-order valence-electron chi connectivity index (χ1n) is 17.7. The summed E-state index contributed by atoms with van der Waals surface area (Å²) in [4.78, 5) is 51.6. The highest BCUT2D eigenvalue weighted by Crippen LogP contribution is 2.32. The predicted octanol–water partition coefficient (Wildman–Crippen LogP) is 2.79. The summed E-state index contributed by atoms with van der Waals surface area (Å²) in [5.41, 5.74) is 12.1. The van der Waals surface area contributed by atoms with E-state index < -0.39 is 23.6 Å². The number of aromatic nitrogens is 3. The monoisotopic (exact) mass is 741 g/mol. The number of nitrogen functional groups attached to an aromatic ring is 1. The van der Waals surface area contributed by atoms with Crippen LogP contribution in [0.5, 0.6) is 5.75 Å². The number of phenols is 1. The van der Waals surface area contributed by atoms with E-state index in [2.05, 4.69) is 25.8 Å². The summed E-state index contributed by atoms with van der Waals surface area (Å²) >= 11 is 1.58. The second-order valence-electron chi connectivity index (χ2n) is 14.6. The quantitative estimate of drug-likeness (QED) is 0.161. The molecular weight excluding hydrogens is 695 g/mol. The van der Waals surface area contributed by atoms with Crippen molar-refractivity contribution in [2.45, 2.75) is 58.8 Å². The number of nitrogens with two attached hydrogens (primary N) is 1. The Morgan fingerprint density at radius 3 is 2.42 bits per heavy atom. The van der Waals surface area contributed by atoms with Crippen LogP contribution in [-0.2, 0) is 20.9 Å². The molecule has 2 aliphatic rings. The Balaban J connectivity index is 1.04. The number of aromatic hydroxyl groups is 1. The number of anilines is 2. The lowest BCUT2D eigenvalue weighted by molar-refractivity contribution is -0.142. The van der Waals surface area contributed by atoms with Crippen LogP contribution in [0, 0.1) is 12.3 Å². The Labute approximate surface area is 313 Å². The maximum atomic E-state index is 14.1. The summed E-state index contributed by atoms with van der Waals surface area (Å²) in [5.74, 6) is -0.483. The Morgan fingerprint density at radius 1 is 1.04 bits per heavy atom. The zero-order valence-electron chi connectivity index (χ0n) is 30.5. The van der Waals surface area contributed by atoms with Gasteiger partial charge in [0.15, 0.2) is 5.82 Å². The number of para-hydroxylation sites is 1. The van der Waals surface area contributed by atoms with Crippen LogP contribution in [0.3, 0.4) is 0 Å². The third kappa shape index (κ3) is 8.58. The minimum atomic E-state index is -0.839. The van der Waals surface area contributed by atoms with Crippen molar-refractivity contribution < 1.29 is 24.6 Å². The zero-order chi connectivity index (χ0) is 37.9. The lowest BCUT2D eigenvalue weighted by atomic mass is 9.85. The van der Waals surface area contributed by atoms with Crippen molar-refractivity contribution in [3.8, 4) is 27.4 Å². The van der Waals surface area contributed by atoms with Gasteiger partial charge in [-0.2, -0.15) is 0 Å². The largest absolute Gasteiger partial charge is 0.507 e. The number of aliphatic hydroxyl groups is 1. The molecule has 280 valence electrons. The molecule has 0 radical (unpaired) electrons. The van der Waals surface area contributed by atoms with Crippen LogP contribution in [0.4, 0.5) is 11.5 Å². The Morgan fingerprint density at radius 2 is 1.75 bits per heavy atom. The van der Waals surface area contributed by atoms with Gasteiger partial charge in [0.1, 0.15) is 11.8 Å². The van der Waals surface area contributed by atoms with Gasteiger partial charge >= 0.3 is 0 Å². The molecule has 0 aliphatic carbocycles. The number of phenolic OH excluding ortho intramolecular Hbond substituents is 1. The number of aryl methyl sites for hydroxylation is 1. The third-order valence-corrected chi connectivity index (χ3v) is 10.8. The molecule has 3 atom stereocenters. The molecule has 2 aliphatic heterocycles. The van der Waals surface area contributed by atoms with E-state index in [0.717, 1.165) is 21.7 Å². The number of carbonyl (C=O) groups is 3. The number of nitrogens with one attached hydrogen (secondary N) is 2. The lowest BCUT2D eigenvalue weighted by Gasteiger charge is -2.38. The molecule has 0 saturated carbocycles. The van der Waals surface area contributed by atoms with Gasteiger partial charge in [-0.15, -0.1) is 21.5 Å². The van der Waals surface area contributed by atoms with Crippen molar-refractivity contribution in [3.63, 3.8) is 0 Å². The number of β-amino-alcohol motifs (C(OH)–C–C–N with tert-alkyl or cyclic N) is 1. The number of likely N-dealkylation sites (tertiary alicyclic amines) is 1.